The Labute approximate surface area is 172 Å². The first kappa shape index (κ1) is 22.5. The third kappa shape index (κ3) is 5.40. The van der Waals surface area contributed by atoms with Gasteiger partial charge < -0.3 is 4.90 Å². The van der Waals surface area contributed by atoms with E-state index in [1.165, 1.54) is 31.2 Å². The number of rotatable bonds is 6. The highest BCUT2D eigenvalue weighted by molar-refractivity contribution is 7.92. The second-order valence-electron chi connectivity index (χ2n) is 7.04. The molecule has 1 fully saturated rings. The van der Waals surface area contributed by atoms with Gasteiger partial charge in [0.05, 0.1) is 10.1 Å². The highest BCUT2D eigenvalue weighted by Gasteiger charge is 2.31. The van der Waals surface area contributed by atoms with Gasteiger partial charge in [0.25, 0.3) is 0 Å². The van der Waals surface area contributed by atoms with E-state index in [-0.39, 0.29) is 34.2 Å². The van der Waals surface area contributed by atoms with Crippen LogP contribution in [-0.4, -0.2) is 44.0 Å². The molecule has 0 saturated carbocycles. The van der Waals surface area contributed by atoms with Crippen LogP contribution < -0.4 is 0 Å². The van der Waals surface area contributed by atoms with Crippen molar-refractivity contribution in [1.82, 2.24) is 4.90 Å². The zero-order chi connectivity index (χ0) is 19.4. The largest absolute Gasteiger partial charge is 0.303 e. The minimum absolute atomic E-state index is 0. The Hall–Kier alpha value is -1.76. The van der Waals surface area contributed by atoms with Gasteiger partial charge in [-0.2, -0.15) is 0 Å². The van der Waals surface area contributed by atoms with Gasteiger partial charge in [0, 0.05) is 12.1 Å². The molecule has 28 heavy (non-hydrogen) atoms. The molecule has 0 aliphatic carbocycles. The minimum atomic E-state index is -3.38. The predicted molar refractivity (Wildman–Crippen MR) is 110 cm³/mol. The van der Waals surface area contributed by atoms with E-state index in [9.17, 15) is 17.6 Å². The Morgan fingerprint density at radius 1 is 1.04 bits per heavy atom. The molecular formula is C21H25ClFNO3S. The molecule has 0 radical (unpaired) electrons. The van der Waals surface area contributed by atoms with Crippen molar-refractivity contribution < 1.29 is 17.6 Å². The SMILES string of the molecule is CC(=O)c1ccc(S(=O)(=O)C2CCN(CCc3ccc(F)cc3)CC2)cc1.Cl. The Bertz CT molecular complexity index is 890. The van der Waals surface area contributed by atoms with E-state index in [0.717, 1.165) is 31.6 Å². The third-order valence-electron chi connectivity index (χ3n) is 5.19. The van der Waals surface area contributed by atoms with Gasteiger partial charge in [-0.15, -0.1) is 12.4 Å². The zero-order valence-electron chi connectivity index (χ0n) is 15.8. The number of likely N-dealkylation sites (tertiary alicyclic amines) is 1. The third-order valence-corrected chi connectivity index (χ3v) is 7.47. The Balaban J connectivity index is 0.00000280. The van der Waals surface area contributed by atoms with E-state index in [0.29, 0.717) is 18.4 Å². The molecule has 0 amide bonds. The minimum Gasteiger partial charge on any atom is -0.303 e. The molecule has 3 rings (SSSR count). The van der Waals surface area contributed by atoms with Gasteiger partial charge in [0.15, 0.2) is 15.6 Å². The van der Waals surface area contributed by atoms with Gasteiger partial charge in [-0.3, -0.25) is 4.79 Å². The number of carbonyl (C=O) groups excluding carboxylic acids is 1. The molecule has 1 aliphatic heterocycles. The van der Waals surface area contributed by atoms with Gasteiger partial charge >= 0.3 is 0 Å². The highest BCUT2D eigenvalue weighted by atomic mass is 35.5. The summed E-state index contributed by atoms with van der Waals surface area (Å²) in [6.45, 7) is 3.77. The fourth-order valence-corrected chi connectivity index (χ4v) is 5.19. The number of carbonyl (C=O) groups is 1. The fourth-order valence-electron chi connectivity index (χ4n) is 3.45. The Morgan fingerprint density at radius 3 is 2.14 bits per heavy atom. The normalized spacial score (nSPS) is 15.8. The summed E-state index contributed by atoms with van der Waals surface area (Å²) in [6.07, 6.45) is 2.02. The molecule has 1 saturated heterocycles. The van der Waals surface area contributed by atoms with Crippen molar-refractivity contribution >= 4 is 28.0 Å². The average Bonchev–Trinajstić information content (AvgIpc) is 2.68. The summed E-state index contributed by atoms with van der Waals surface area (Å²) in [4.78, 5) is 13.9. The fraction of sp³-hybridized carbons (Fsp3) is 0.381. The van der Waals surface area contributed by atoms with Crippen molar-refractivity contribution in [2.24, 2.45) is 0 Å². The number of benzene rings is 2. The zero-order valence-corrected chi connectivity index (χ0v) is 17.4. The Kier molecular flexibility index (Phi) is 7.75. The molecular weight excluding hydrogens is 401 g/mol. The topological polar surface area (TPSA) is 54.5 Å². The molecule has 0 unspecified atom stereocenters. The lowest BCUT2D eigenvalue weighted by Crippen LogP contribution is -2.40. The molecule has 2 aromatic rings. The molecule has 0 atom stereocenters. The van der Waals surface area contributed by atoms with Crippen LogP contribution in [0.5, 0.6) is 0 Å². The average molecular weight is 426 g/mol. The molecule has 1 aliphatic rings. The number of Topliss-reactive ketones (excluding diaryl/α,β-unsaturated/α-hetero) is 1. The van der Waals surface area contributed by atoms with Crippen LogP contribution in [0, 0.1) is 5.82 Å². The molecule has 0 N–H and O–H groups in total. The smallest absolute Gasteiger partial charge is 0.181 e. The van der Waals surface area contributed by atoms with Gasteiger partial charge in [0.2, 0.25) is 0 Å². The van der Waals surface area contributed by atoms with E-state index in [1.54, 1.807) is 24.3 Å². The maximum absolute atomic E-state index is 13.0. The van der Waals surface area contributed by atoms with Gasteiger partial charge in [-0.1, -0.05) is 24.3 Å². The first-order chi connectivity index (χ1) is 12.9. The van der Waals surface area contributed by atoms with Crippen molar-refractivity contribution in [2.75, 3.05) is 19.6 Å². The van der Waals surface area contributed by atoms with E-state index >= 15 is 0 Å². The lowest BCUT2D eigenvalue weighted by Gasteiger charge is -2.31. The van der Waals surface area contributed by atoms with Crippen LogP contribution in [0.15, 0.2) is 53.4 Å². The van der Waals surface area contributed by atoms with Gasteiger partial charge in [-0.05, 0) is 69.1 Å². The second-order valence-corrected chi connectivity index (χ2v) is 9.27. The van der Waals surface area contributed by atoms with Crippen molar-refractivity contribution in [3.63, 3.8) is 0 Å². The highest BCUT2D eigenvalue weighted by Crippen LogP contribution is 2.25. The number of sulfone groups is 1. The molecule has 2 aromatic carbocycles. The van der Waals surface area contributed by atoms with Crippen LogP contribution in [0.3, 0.4) is 0 Å². The summed E-state index contributed by atoms with van der Waals surface area (Å²) in [5, 5.41) is -0.386. The van der Waals surface area contributed by atoms with E-state index in [2.05, 4.69) is 4.90 Å². The number of ketones is 1. The second kappa shape index (κ2) is 9.63. The monoisotopic (exact) mass is 425 g/mol. The maximum Gasteiger partial charge on any atom is 0.181 e. The first-order valence-electron chi connectivity index (χ1n) is 9.18. The van der Waals surface area contributed by atoms with Crippen LogP contribution >= 0.6 is 12.4 Å². The van der Waals surface area contributed by atoms with E-state index in [4.69, 9.17) is 0 Å². The quantitative estimate of drug-likeness (QED) is 0.658. The van der Waals surface area contributed by atoms with Gasteiger partial charge in [0.1, 0.15) is 5.82 Å². The maximum atomic E-state index is 13.0. The summed E-state index contributed by atoms with van der Waals surface area (Å²) < 4.78 is 38.6. The molecule has 152 valence electrons. The van der Waals surface area contributed by atoms with Crippen LogP contribution in [-0.2, 0) is 16.3 Å². The van der Waals surface area contributed by atoms with Crippen molar-refractivity contribution in [3.8, 4) is 0 Å². The summed E-state index contributed by atoms with van der Waals surface area (Å²) in [7, 11) is -3.38. The first-order valence-corrected chi connectivity index (χ1v) is 10.7. The number of halogens is 2. The number of hydrogen-bond donors (Lipinski definition) is 0. The Morgan fingerprint density at radius 2 is 1.61 bits per heavy atom. The van der Waals surface area contributed by atoms with Gasteiger partial charge in [-0.25, -0.2) is 12.8 Å². The number of nitrogens with zero attached hydrogens (tertiary/aromatic N) is 1. The van der Waals surface area contributed by atoms with Crippen LogP contribution in [0.25, 0.3) is 0 Å². The standard InChI is InChI=1S/C21H24FNO3S.ClH/c1-16(24)18-4-8-20(9-5-18)27(25,26)21-11-14-23(15-12-21)13-10-17-2-6-19(22)7-3-17;/h2-9,21H,10-15H2,1H3;1H. The predicted octanol–water partition coefficient (Wildman–Crippen LogP) is 3.93. The van der Waals surface area contributed by atoms with E-state index in [1.807, 2.05) is 0 Å². The lowest BCUT2D eigenvalue weighted by molar-refractivity contribution is 0.101. The van der Waals surface area contributed by atoms with Crippen LogP contribution in [0.1, 0.15) is 35.7 Å². The summed E-state index contributed by atoms with van der Waals surface area (Å²) >= 11 is 0. The molecule has 0 spiro atoms. The molecule has 0 bridgehead atoms. The van der Waals surface area contributed by atoms with Crippen LogP contribution in [0.4, 0.5) is 4.39 Å². The number of hydrogen-bond acceptors (Lipinski definition) is 4. The molecule has 0 aromatic heterocycles. The molecule has 1 heterocycles. The summed E-state index contributed by atoms with van der Waals surface area (Å²) in [5.74, 6) is -0.311. The summed E-state index contributed by atoms with van der Waals surface area (Å²) in [5.41, 5.74) is 1.60. The molecule has 4 nitrogen and oxygen atoms in total. The molecule has 7 heteroatoms. The van der Waals surface area contributed by atoms with Crippen molar-refractivity contribution in [2.45, 2.75) is 36.3 Å². The van der Waals surface area contributed by atoms with Crippen molar-refractivity contribution in [1.29, 1.82) is 0 Å². The summed E-state index contributed by atoms with van der Waals surface area (Å²) in [6, 6.07) is 12.7. The number of piperidine rings is 1. The van der Waals surface area contributed by atoms with Crippen LogP contribution in [0.2, 0.25) is 0 Å². The lowest BCUT2D eigenvalue weighted by atomic mass is 10.1. The van der Waals surface area contributed by atoms with E-state index < -0.39 is 9.84 Å². The van der Waals surface area contributed by atoms with Crippen molar-refractivity contribution in [3.05, 3.63) is 65.5 Å².